The van der Waals surface area contributed by atoms with Gasteiger partial charge in [-0.1, -0.05) is 23.4 Å². The van der Waals surface area contributed by atoms with Crippen LogP contribution in [0, 0.1) is 0 Å². The topological polar surface area (TPSA) is 70.5 Å². The molecule has 0 radical (unpaired) electrons. The number of hydrogen-bond donors (Lipinski definition) is 1. The number of aromatic nitrogens is 1. The summed E-state index contributed by atoms with van der Waals surface area (Å²) in [7, 11) is 1.61. The summed E-state index contributed by atoms with van der Waals surface area (Å²) in [5.74, 6) is 1.45. The van der Waals surface area contributed by atoms with Crippen LogP contribution >= 0.6 is 0 Å². The van der Waals surface area contributed by atoms with Crippen molar-refractivity contribution in [2.75, 3.05) is 7.11 Å². The van der Waals surface area contributed by atoms with Gasteiger partial charge in [0.15, 0.2) is 5.76 Å². The number of nitrogens with zero attached hydrogens (tertiary/aromatic N) is 1. The largest absolute Gasteiger partial charge is 0.487 e. The van der Waals surface area contributed by atoms with E-state index < -0.39 is 0 Å². The van der Waals surface area contributed by atoms with Crippen molar-refractivity contribution >= 4 is 0 Å². The Morgan fingerprint density at radius 2 is 2.11 bits per heavy atom. The molecule has 0 aliphatic carbocycles. The van der Waals surface area contributed by atoms with Crippen LogP contribution in [-0.4, -0.2) is 12.3 Å². The van der Waals surface area contributed by atoms with E-state index in [0.717, 1.165) is 17.0 Å². The first-order valence-electron chi connectivity index (χ1n) is 6.11. The lowest BCUT2D eigenvalue weighted by Crippen LogP contribution is -2.08. The average Bonchev–Trinajstić information content (AvgIpc) is 2.85. The van der Waals surface area contributed by atoms with Gasteiger partial charge in [0.05, 0.1) is 0 Å². The van der Waals surface area contributed by atoms with Crippen LogP contribution in [0.1, 0.15) is 30.0 Å². The Labute approximate surface area is 112 Å². The number of methoxy groups -OCH3 is 1. The minimum absolute atomic E-state index is 0.0717. The Morgan fingerprint density at radius 3 is 2.84 bits per heavy atom. The SMILES string of the molecule is COCc1cc(COc2ccccc2[C@@H](C)N)no1. The summed E-state index contributed by atoms with van der Waals surface area (Å²) in [6.45, 7) is 2.68. The maximum atomic E-state index is 5.90. The Morgan fingerprint density at radius 1 is 1.32 bits per heavy atom. The van der Waals surface area contributed by atoms with Gasteiger partial charge in [0.25, 0.3) is 0 Å². The molecule has 0 unspecified atom stereocenters. The zero-order valence-electron chi connectivity index (χ0n) is 11.1. The summed E-state index contributed by atoms with van der Waals surface area (Å²) in [6.07, 6.45) is 0. The smallest absolute Gasteiger partial charge is 0.162 e. The van der Waals surface area contributed by atoms with Gasteiger partial charge in [-0.05, 0) is 13.0 Å². The van der Waals surface area contributed by atoms with Crippen molar-refractivity contribution in [3.63, 3.8) is 0 Å². The van der Waals surface area contributed by atoms with E-state index in [0.29, 0.717) is 19.0 Å². The summed E-state index contributed by atoms with van der Waals surface area (Å²) < 4.78 is 15.8. The van der Waals surface area contributed by atoms with Crippen LogP contribution < -0.4 is 10.5 Å². The number of rotatable bonds is 6. The molecular formula is C14H18N2O3. The lowest BCUT2D eigenvalue weighted by Gasteiger charge is -2.12. The third-order valence-corrected chi connectivity index (χ3v) is 2.68. The molecule has 0 fully saturated rings. The molecule has 0 amide bonds. The van der Waals surface area contributed by atoms with E-state index in [4.69, 9.17) is 19.7 Å². The molecule has 5 nitrogen and oxygen atoms in total. The maximum Gasteiger partial charge on any atom is 0.162 e. The Bertz CT molecular complexity index is 523. The van der Waals surface area contributed by atoms with Crippen LogP contribution in [0.15, 0.2) is 34.9 Å². The second-order valence-electron chi connectivity index (χ2n) is 4.33. The van der Waals surface area contributed by atoms with Gasteiger partial charge in [-0.3, -0.25) is 0 Å². The minimum Gasteiger partial charge on any atom is -0.487 e. The van der Waals surface area contributed by atoms with E-state index in [1.54, 1.807) is 7.11 Å². The fourth-order valence-corrected chi connectivity index (χ4v) is 1.77. The fraction of sp³-hybridized carbons (Fsp3) is 0.357. The van der Waals surface area contributed by atoms with Crippen LogP contribution in [0.2, 0.25) is 0 Å². The molecule has 2 rings (SSSR count). The predicted octanol–water partition coefficient (Wildman–Crippen LogP) is 2.42. The third kappa shape index (κ3) is 3.56. The molecule has 0 spiro atoms. The molecule has 1 heterocycles. The molecule has 1 aromatic carbocycles. The van der Waals surface area contributed by atoms with Crippen molar-refractivity contribution < 1.29 is 14.0 Å². The van der Waals surface area contributed by atoms with Crippen LogP contribution in [0.5, 0.6) is 5.75 Å². The first-order chi connectivity index (χ1) is 9.20. The van der Waals surface area contributed by atoms with Crippen LogP contribution in [0.3, 0.4) is 0 Å². The summed E-state index contributed by atoms with van der Waals surface area (Å²) in [4.78, 5) is 0. The van der Waals surface area contributed by atoms with E-state index in [9.17, 15) is 0 Å². The summed E-state index contributed by atoms with van der Waals surface area (Å²) in [5.41, 5.74) is 7.60. The Hall–Kier alpha value is -1.85. The van der Waals surface area contributed by atoms with Gasteiger partial charge in [0, 0.05) is 24.8 Å². The second-order valence-corrected chi connectivity index (χ2v) is 4.33. The number of benzene rings is 1. The quantitative estimate of drug-likeness (QED) is 0.865. The summed E-state index contributed by atoms with van der Waals surface area (Å²) in [6, 6.07) is 9.46. The van der Waals surface area contributed by atoms with Gasteiger partial charge in [0.2, 0.25) is 0 Å². The molecule has 0 bridgehead atoms. The van der Waals surface area contributed by atoms with Gasteiger partial charge >= 0.3 is 0 Å². The summed E-state index contributed by atoms with van der Waals surface area (Å²) >= 11 is 0. The van der Waals surface area contributed by atoms with E-state index in [-0.39, 0.29) is 6.04 Å². The highest BCUT2D eigenvalue weighted by Gasteiger charge is 2.09. The van der Waals surface area contributed by atoms with E-state index in [2.05, 4.69) is 5.16 Å². The number of hydrogen-bond acceptors (Lipinski definition) is 5. The van der Waals surface area contributed by atoms with Crippen molar-refractivity contribution in [2.24, 2.45) is 5.73 Å². The summed E-state index contributed by atoms with van der Waals surface area (Å²) in [5, 5.41) is 3.91. The first-order valence-corrected chi connectivity index (χ1v) is 6.11. The van der Waals surface area contributed by atoms with Gasteiger partial charge in [-0.15, -0.1) is 0 Å². The lowest BCUT2D eigenvalue weighted by atomic mass is 10.1. The lowest BCUT2D eigenvalue weighted by molar-refractivity contribution is 0.155. The molecule has 5 heteroatoms. The normalized spacial score (nSPS) is 12.4. The van der Waals surface area contributed by atoms with E-state index in [1.165, 1.54) is 0 Å². The van der Waals surface area contributed by atoms with Gasteiger partial charge in [0.1, 0.15) is 24.7 Å². The molecule has 102 valence electrons. The molecular weight excluding hydrogens is 244 g/mol. The highest BCUT2D eigenvalue weighted by atomic mass is 16.5. The van der Waals surface area contributed by atoms with Crippen LogP contribution in [0.4, 0.5) is 0 Å². The molecule has 0 saturated heterocycles. The number of nitrogens with two attached hydrogens (primary N) is 1. The average molecular weight is 262 g/mol. The molecule has 0 aliphatic heterocycles. The highest BCUT2D eigenvalue weighted by molar-refractivity contribution is 5.35. The maximum absolute atomic E-state index is 5.90. The van der Waals surface area contributed by atoms with Gasteiger partial charge in [-0.2, -0.15) is 0 Å². The Balaban J connectivity index is 2.01. The fourth-order valence-electron chi connectivity index (χ4n) is 1.77. The van der Waals surface area contributed by atoms with Crippen molar-refractivity contribution in [3.8, 4) is 5.75 Å². The zero-order valence-corrected chi connectivity index (χ0v) is 11.1. The van der Waals surface area contributed by atoms with Gasteiger partial charge < -0.3 is 19.7 Å². The standard InChI is InChI=1S/C14H18N2O3/c1-10(15)13-5-3-4-6-14(13)18-8-11-7-12(9-17-2)19-16-11/h3-7,10H,8-9,15H2,1-2H3/t10-/m1/s1. The molecule has 0 aliphatic rings. The number of para-hydroxylation sites is 1. The molecule has 0 saturated carbocycles. The minimum atomic E-state index is -0.0717. The third-order valence-electron chi connectivity index (χ3n) is 2.68. The van der Waals surface area contributed by atoms with Crippen molar-refractivity contribution in [1.29, 1.82) is 0 Å². The van der Waals surface area contributed by atoms with Crippen LogP contribution in [0.25, 0.3) is 0 Å². The molecule has 1 aromatic heterocycles. The highest BCUT2D eigenvalue weighted by Crippen LogP contribution is 2.24. The monoisotopic (exact) mass is 262 g/mol. The molecule has 1 atom stereocenters. The van der Waals surface area contributed by atoms with Crippen molar-refractivity contribution in [1.82, 2.24) is 5.16 Å². The van der Waals surface area contributed by atoms with Crippen molar-refractivity contribution in [2.45, 2.75) is 26.2 Å². The first kappa shape index (κ1) is 13.6. The second kappa shape index (κ2) is 6.36. The number of ether oxygens (including phenoxy) is 2. The van der Waals surface area contributed by atoms with E-state index in [1.807, 2.05) is 37.3 Å². The van der Waals surface area contributed by atoms with E-state index >= 15 is 0 Å². The molecule has 19 heavy (non-hydrogen) atoms. The van der Waals surface area contributed by atoms with Crippen LogP contribution in [-0.2, 0) is 18.0 Å². The Kier molecular flexibility index (Phi) is 4.54. The zero-order chi connectivity index (χ0) is 13.7. The van der Waals surface area contributed by atoms with Crippen molar-refractivity contribution in [3.05, 3.63) is 47.3 Å². The molecule has 2 aromatic rings. The predicted molar refractivity (Wildman–Crippen MR) is 70.6 cm³/mol. The molecule has 2 N–H and O–H groups in total. The van der Waals surface area contributed by atoms with Gasteiger partial charge in [-0.25, -0.2) is 0 Å².